The van der Waals surface area contributed by atoms with Gasteiger partial charge >= 0.3 is 0 Å². The van der Waals surface area contributed by atoms with E-state index in [4.69, 9.17) is 0 Å². The maximum Gasteiger partial charge on any atom is 0.0519 e. The summed E-state index contributed by atoms with van der Waals surface area (Å²) < 4.78 is 0. The molecule has 2 rings (SSSR count). The fourth-order valence-corrected chi connectivity index (χ4v) is 3.17. The zero-order valence-electron chi connectivity index (χ0n) is 11.2. The minimum Gasteiger partial charge on any atom is -0.298 e. The molecule has 0 N–H and O–H groups in total. The Labute approximate surface area is 100 Å². The number of hydrogen-bond acceptors (Lipinski definition) is 2. The zero-order valence-corrected chi connectivity index (χ0v) is 11.2. The van der Waals surface area contributed by atoms with Crippen LogP contribution < -0.4 is 0 Å². The molecule has 0 aromatic rings. The average Bonchev–Trinajstić information content (AvgIpc) is 2.22. The summed E-state index contributed by atoms with van der Waals surface area (Å²) in [7, 11) is 2.29. The van der Waals surface area contributed by atoms with E-state index >= 15 is 0 Å². The van der Waals surface area contributed by atoms with E-state index in [0.717, 1.165) is 5.92 Å². The Balaban J connectivity index is 2.16. The van der Waals surface area contributed by atoms with Gasteiger partial charge in [-0.05, 0) is 39.7 Å². The van der Waals surface area contributed by atoms with E-state index in [1.165, 1.54) is 32.5 Å². The van der Waals surface area contributed by atoms with E-state index in [2.05, 4.69) is 49.8 Å². The van der Waals surface area contributed by atoms with Gasteiger partial charge in [-0.25, -0.2) is 0 Å². The fourth-order valence-electron chi connectivity index (χ4n) is 3.17. The third kappa shape index (κ3) is 2.18. The van der Waals surface area contributed by atoms with E-state index in [1.54, 1.807) is 0 Å². The monoisotopic (exact) mass is 222 g/mol. The van der Waals surface area contributed by atoms with Crippen LogP contribution in [0.25, 0.3) is 0 Å². The van der Waals surface area contributed by atoms with E-state index in [9.17, 15) is 0 Å². The molecule has 2 aliphatic rings. The largest absolute Gasteiger partial charge is 0.298 e. The molecule has 0 amide bonds. The van der Waals surface area contributed by atoms with Crippen molar-refractivity contribution in [2.75, 3.05) is 26.7 Å². The lowest BCUT2D eigenvalue weighted by Gasteiger charge is -2.51. The summed E-state index contributed by atoms with van der Waals surface area (Å²) in [6, 6.07) is 0.677. The molecule has 16 heavy (non-hydrogen) atoms. The van der Waals surface area contributed by atoms with Crippen molar-refractivity contribution in [1.82, 2.24) is 9.80 Å². The highest BCUT2D eigenvalue weighted by atomic mass is 15.3. The van der Waals surface area contributed by atoms with Crippen molar-refractivity contribution < 1.29 is 0 Å². The van der Waals surface area contributed by atoms with Crippen molar-refractivity contribution in [3.63, 3.8) is 0 Å². The van der Waals surface area contributed by atoms with Crippen LogP contribution in [0.5, 0.6) is 0 Å². The maximum absolute atomic E-state index is 2.63. The van der Waals surface area contributed by atoms with Crippen LogP contribution in [0.2, 0.25) is 0 Å². The number of hydrogen-bond donors (Lipinski definition) is 0. The van der Waals surface area contributed by atoms with Gasteiger partial charge < -0.3 is 0 Å². The van der Waals surface area contributed by atoms with Gasteiger partial charge in [0.15, 0.2) is 0 Å². The molecule has 0 bridgehead atoms. The molecule has 0 aromatic carbocycles. The molecule has 0 saturated carbocycles. The van der Waals surface area contributed by atoms with Gasteiger partial charge in [-0.1, -0.05) is 19.1 Å². The Kier molecular flexibility index (Phi) is 3.41. The molecule has 2 nitrogen and oxygen atoms in total. The van der Waals surface area contributed by atoms with Crippen molar-refractivity contribution in [1.29, 1.82) is 0 Å². The van der Waals surface area contributed by atoms with Crippen molar-refractivity contribution in [3.8, 4) is 0 Å². The molecule has 2 heteroatoms. The predicted octanol–water partition coefficient (Wildman–Crippen LogP) is 2.37. The van der Waals surface area contributed by atoms with Crippen LogP contribution in [-0.4, -0.2) is 48.1 Å². The molecule has 1 saturated heterocycles. The summed E-state index contributed by atoms with van der Waals surface area (Å²) in [4.78, 5) is 5.19. The lowest BCUT2D eigenvalue weighted by Crippen LogP contribution is -2.62. The number of nitrogens with zero attached hydrogens (tertiary/aromatic N) is 2. The van der Waals surface area contributed by atoms with E-state index < -0.39 is 0 Å². The smallest absolute Gasteiger partial charge is 0.0519 e. The second kappa shape index (κ2) is 4.50. The van der Waals surface area contributed by atoms with Crippen LogP contribution in [0.1, 0.15) is 33.6 Å². The van der Waals surface area contributed by atoms with Crippen LogP contribution in [0.4, 0.5) is 0 Å². The molecular formula is C14H26N2. The van der Waals surface area contributed by atoms with Crippen LogP contribution in [0, 0.1) is 5.92 Å². The summed E-state index contributed by atoms with van der Waals surface area (Å²) in [6.45, 7) is 10.6. The minimum atomic E-state index is 0.320. The molecule has 0 radical (unpaired) electrons. The summed E-state index contributed by atoms with van der Waals surface area (Å²) in [5.74, 6) is 0.833. The Morgan fingerprint density at radius 2 is 2.06 bits per heavy atom. The van der Waals surface area contributed by atoms with Gasteiger partial charge in [0, 0.05) is 25.7 Å². The van der Waals surface area contributed by atoms with Crippen LogP contribution >= 0.6 is 0 Å². The van der Waals surface area contributed by atoms with Crippen LogP contribution in [0.15, 0.2) is 12.2 Å². The number of allylic oxidation sites excluding steroid dienone is 1. The highest BCUT2D eigenvalue weighted by Crippen LogP contribution is 2.34. The van der Waals surface area contributed by atoms with Gasteiger partial charge in [0.1, 0.15) is 0 Å². The van der Waals surface area contributed by atoms with Crippen molar-refractivity contribution in [2.45, 2.75) is 45.2 Å². The van der Waals surface area contributed by atoms with Gasteiger partial charge in [0.25, 0.3) is 0 Å². The van der Waals surface area contributed by atoms with Crippen LogP contribution in [0.3, 0.4) is 0 Å². The predicted molar refractivity (Wildman–Crippen MR) is 69.6 cm³/mol. The van der Waals surface area contributed by atoms with Crippen molar-refractivity contribution >= 4 is 0 Å². The molecule has 1 spiro atoms. The van der Waals surface area contributed by atoms with Gasteiger partial charge in [-0.3, -0.25) is 9.80 Å². The molecule has 2 unspecified atom stereocenters. The van der Waals surface area contributed by atoms with Gasteiger partial charge in [-0.15, -0.1) is 0 Å². The van der Waals surface area contributed by atoms with E-state index in [-0.39, 0.29) is 0 Å². The number of piperazine rings is 1. The standard InChI is InChI=1S/C14H26N2/c1-12(2)16-9-8-15(4)14(11-16)7-5-6-13(3)10-14/h5,7,12-13H,6,8-11H2,1-4H3. The highest BCUT2D eigenvalue weighted by Gasteiger charge is 2.40. The first-order chi connectivity index (χ1) is 7.53. The number of rotatable bonds is 1. The summed E-state index contributed by atoms with van der Waals surface area (Å²) in [6.07, 6.45) is 7.45. The first-order valence-corrected chi connectivity index (χ1v) is 6.66. The fraction of sp³-hybridized carbons (Fsp3) is 0.857. The lowest BCUT2D eigenvalue weighted by molar-refractivity contribution is 0.0145. The van der Waals surface area contributed by atoms with Crippen molar-refractivity contribution in [3.05, 3.63) is 12.2 Å². The molecule has 92 valence electrons. The number of likely N-dealkylation sites (N-methyl/N-ethyl adjacent to an activating group) is 1. The third-order valence-corrected chi connectivity index (χ3v) is 4.36. The Bertz CT molecular complexity index is 272. The second-order valence-electron chi connectivity index (χ2n) is 6.04. The maximum atomic E-state index is 2.63. The minimum absolute atomic E-state index is 0.320. The molecule has 1 fully saturated rings. The molecule has 1 aliphatic heterocycles. The molecule has 1 heterocycles. The van der Waals surface area contributed by atoms with Crippen LogP contribution in [-0.2, 0) is 0 Å². The van der Waals surface area contributed by atoms with E-state index in [0.29, 0.717) is 11.6 Å². The summed E-state index contributed by atoms with van der Waals surface area (Å²) >= 11 is 0. The first-order valence-electron chi connectivity index (χ1n) is 6.66. The molecule has 0 aromatic heterocycles. The topological polar surface area (TPSA) is 6.48 Å². The lowest BCUT2D eigenvalue weighted by atomic mass is 9.79. The Hall–Kier alpha value is -0.340. The summed E-state index contributed by atoms with van der Waals surface area (Å²) in [5.41, 5.74) is 0.320. The second-order valence-corrected chi connectivity index (χ2v) is 6.04. The SMILES string of the molecule is CC1CC=CC2(C1)CN(C(C)C)CCN2C. The highest BCUT2D eigenvalue weighted by molar-refractivity contribution is 5.15. The molecule has 2 atom stereocenters. The van der Waals surface area contributed by atoms with Gasteiger partial charge in [0.05, 0.1) is 5.54 Å². The third-order valence-electron chi connectivity index (χ3n) is 4.36. The quantitative estimate of drug-likeness (QED) is 0.629. The Morgan fingerprint density at radius 1 is 1.31 bits per heavy atom. The first kappa shape index (κ1) is 12.1. The molecule has 1 aliphatic carbocycles. The zero-order chi connectivity index (χ0) is 11.8. The summed E-state index contributed by atoms with van der Waals surface area (Å²) in [5, 5.41) is 0. The normalized spacial score (nSPS) is 37.4. The van der Waals surface area contributed by atoms with Gasteiger partial charge in [0.2, 0.25) is 0 Å². The van der Waals surface area contributed by atoms with Crippen molar-refractivity contribution in [2.24, 2.45) is 5.92 Å². The average molecular weight is 222 g/mol. The Morgan fingerprint density at radius 3 is 2.69 bits per heavy atom. The van der Waals surface area contributed by atoms with E-state index in [1.807, 2.05) is 0 Å². The molecular weight excluding hydrogens is 196 g/mol. The van der Waals surface area contributed by atoms with Gasteiger partial charge in [-0.2, -0.15) is 0 Å².